The van der Waals surface area contributed by atoms with Crippen LogP contribution < -0.4 is 5.32 Å². The van der Waals surface area contributed by atoms with Crippen molar-refractivity contribution in [3.05, 3.63) is 24.3 Å². The topological polar surface area (TPSA) is 51.2 Å². The summed E-state index contributed by atoms with van der Waals surface area (Å²) in [7, 11) is 0. The molecule has 2 rings (SSSR count). The molecule has 4 nitrogen and oxygen atoms in total. The van der Waals surface area contributed by atoms with Gasteiger partial charge in [-0.2, -0.15) is 48.3 Å². The number of rotatable bonds is 5. The van der Waals surface area contributed by atoms with Gasteiger partial charge in [-0.15, -0.1) is 0 Å². The lowest BCUT2D eigenvalue weighted by Gasteiger charge is -2.33. The molecule has 1 unspecified atom stereocenters. The Morgan fingerprint density at radius 3 is 1.93 bits per heavy atom. The Bertz CT molecular complexity index is 875. The molecule has 2 aromatic rings. The number of ether oxygens (including phenoxy) is 1. The SMILES string of the molecule is O=C(Nc1nc2ccccc2s1)C(F)(OC(F)(F)C(F)(F)C(F)(F)F)C(F)(F)F. The Kier molecular flexibility index (Phi) is 5.51. The van der Waals surface area contributed by atoms with E-state index in [1.165, 1.54) is 24.3 Å². The number of carbonyl (C=O) groups excluding carboxylic acids is 1. The molecular formula is C13H5F11N2O2S. The summed E-state index contributed by atoms with van der Waals surface area (Å²) < 4.78 is 143. The number of para-hydroxylation sites is 1. The predicted octanol–water partition coefficient (Wildman–Crippen LogP) is 5.27. The largest absolute Gasteiger partial charge is 0.462 e. The first-order chi connectivity index (χ1) is 12.9. The summed E-state index contributed by atoms with van der Waals surface area (Å²) >= 11 is 0.432. The molecule has 0 bridgehead atoms. The number of alkyl halides is 11. The van der Waals surface area contributed by atoms with E-state index in [0.717, 1.165) is 5.32 Å². The average molecular weight is 462 g/mol. The molecule has 1 atom stereocenters. The third-order valence-corrected chi connectivity index (χ3v) is 4.11. The third kappa shape index (κ3) is 4.08. The number of carbonyl (C=O) groups is 1. The summed E-state index contributed by atoms with van der Waals surface area (Å²) in [4.78, 5) is 15.1. The second-order valence-electron chi connectivity index (χ2n) is 5.22. The zero-order valence-corrected chi connectivity index (χ0v) is 14.0. The van der Waals surface area contributed by atoms with Gasteiger partial charge >= 0.3 is 36.1 Å². The van der Waals surface area contributed by atoms with Gasteiger partial charge in [0.2, 0.25) is 0 Å². The first-order valence-corrected chi connectivity index (χ1v) is 7.69. The highest BCUT2D eigenvalue weighted by Gasteiger charge is 2.79. The molecule has 0 aliphatic rings. The van der Waals surface area contributed by atoms with Gasteiger partial charge < -0.3 is 0 Å². The number of benzene rings is 1. The smallest absolute Gasteiger partial charge is 0.297 e. The van der Waals surface area contributed by atoms with E-state index in [4.69, 9.17) is 0 Å². The van der Waals surface area contributed by atoms with Gasteiger partial charge in [-0.3, -0.25) is 14.8 Å². The number of halogens is 11. The Balaban J connectivity index is 2.39. The van der Waals surface area contributed by atoms with Crippen molar-refractivity contribution in [2.24, 2.45) is 0 Å². The van der Waals surface area contributed by atoms with Gasteiger partial charge in [0.25, 0.3) is 0 Å². The van der Waals surface area contributed by atoms with Crippen LogP contribution in [0.5, 0.6) is 0 Å². The maximum atomic E-state index is 14.1. The molecule has 0 aliphatic heterocycles. The number of thiazole rings is 1. The van der Waals surface area contributed by atoms with Crippen LogP contribution in [0.15, 0.2) is 24.3 Å². The fourth-order valence-electron chi connectivity index (χ4n) is 1.74. The molecule has 1 aromatic heterocycles. The van der Waals surface area contributed by atoms with Crippen molar-refractivity contribution in [3.8, 4) is 0 Å². The summed E-state index contributed by atoms with van der Waals surface area (Å²) in [6.07, 6.45) is -21.0. The highest BCUT2D eigenvalue weighted by Crippen LogP contribution is 2.51. The van der Waals surface area contributed by atoms with Gasteiger partial charge in [0.1, 0.15) is 0 Å². The Hall–Kier alpha value is -2.23. The van der Waals surface area contributed by atoms with Crippen molar-refractivity contribution in [2.45, 2.75) is 30.2 Å². The number of aromatic nitrogens is 1. The first kappa shape index (κ1) is 23.1. The summed E-state index contributed by atoms with van der Waals surface area (Å²) in [6, 6.07) is 5.49. The van der Waals surface area contributed by atoms with E-state index in [1.54, 1.807) is 0 Å². The summed E-state index contributed by atoms with van der Waals surface area (Å²) in [6.45, 7) is 0. The van der Waals surface area contributed by atoms with Gasteiger partial charge in [0, 0.05) is 0 Å². The number of nitrogens with zero attached hydrogens (tertiary/aromatic N) is 1. The maximum absolute atomic E-state index is 14.1. The van der Waals surface area contributed by atoms with E-state index in [2.05, 4.69) is 9.72 Å². The van der Waals surface area contributed by atoms with Crippen LogP contribution in [0.4, 0.5) is 53.4 Å². The molecule has 1 aromatic carbocycles. The molecule has 29 heavy (non-hydrogen) atoms. The highest BCUT2D eigenvalue weighted by molar-refractivity contribution is 7.22. The maximum Gasteiger partial charge on any atom is 0.462 e. The van der Waals surface area contributed by atoms with Crippen LogP contribution in [0.2, 0.25) is 0 Å². The minimum atomic E-state index is -7.25. The van der Waals surface area contributed by atoms with E-state index in [0.29, 0.717) is 11.3 Å². The summed E-state index contributed by atoms with van der Waals surface area (Å²) in [5.41, 5.74) is 0.0686. The van der Waals surface area contributed by atoms with Crippen LogP contribution >= 0.6 is 11.3 Å². The van der Waals surface area contributed by atoms with Crippen molar-refractivity contribution >= 4 is 32.6 Å². The number of hydrogen-bond donors (Lipinski definition) is 1. The van der Waals surface area contributed by atoms with E-state index in [9.17, 15) is 53.1 Å². The molecule has 0 fully saturated rings. The van der Waals surface area contributed by atoms with Crippen molar-refractivity contribution in [1.29, 1.82) is 0 Å². The fourth-order valence-corrected chi connectivity index (χ4v) is 2.60. The van der Waals surface area contributed by atoms with Crippen molar-refractivity contribution in [3.63, 3.8) is 0 Å². The Morgan fingerprint density at radius 2 is 1.45 bits per heavy atom. The number of hydrogen-bond acceptors (Lipinski definition) is 4. The lowest BCUT2D eigenvalue weighted by Crippen LogP contribution is -2.62. The van der Waals surface area contributed by atoms with Gasteiger partial charge in [-0.1, -0.05) is 23.5 Å². The second-order valence-corrected chi connectivity index (χ2v) is 6.26. The molecule has 1 N–H and O–H groups in total. The molecule has 0 spiro atoms. The minimum absolute atomic E-state index is 0.0686. The van der Waals surface area contributed by atoms with Crippen molar-refractivity contribution in [2.75, 3.05) is 5.32 Å². The quantitative estimate of drug-likeness (QED) is 0.617. The van der Waals surface area contributed by atoms with Crippen LogP contribution in [-0.4, -0.2) is 41.1 Å². The van der Waals surface area contributed by atoms with Gasteiger partial charge in [-0.25, -0.2) is 4.98 Å². The summed E-state index contributed by atoms with van der Waals surface area (Å²) in [5, 5.41) is 0.286. The van der Waals surface area contributed by atoms with E-state index in [1.807, 2.05) is 0 Å². The Morgan fingerprint density at radius 1 is 0.897 bits per heavy atom. The van der Waals surface area contributed by atoms with E-state index >= 15 is 0 Å². The zero-order chi connectivity index (χ0) is 22.5. The monoisotopic (exact) mass is 462 g/mol. The lowest BCUT2D eigenvalue weighted by molar-refractivity contribution is -0.472. The van der Waals surface area contributed by atoms with Gasteiger partial charge in [-0.05, 0) is 12.1 Å². The number of fused-ring (bicyclic) bond motifs is 1. The van der Waals surface area contributed by atoms with Crippen LogP contribution in [0, 0.1) is 0 Å². The third-order valence-electron chi connectivity index (χ3n) is 3.16. The van der Waals surface area contributed by atoms with E-state index in [-0.39, 0.29) is 10.2 Å². The van der Waals surface area contributed by atoms with Crippen LogP contribution in [0.25, 0.3) is 10.2 Å². The summed E-state index contributed by atoms with van der Waals surface area (Å²) in [5.74, 6) is -16.7. The number of amides is 1. The predicted molar refractivity (Wildman–Crippen MR) is 75.2 cm³/mol. The Labute approximate surface area is 156 Å². The molecule has 0 saturated carbocycles. The molecule has 0 saturated heterocycles. The van der Waals surface area contributed by atoms with Crippen molar-refractivity contribution < 1.29 is 57.8 Å². The van der Waals surface area contributed by atoms with Gasteiger partial charge in [0.05, 0.1) is 10.2 Å². The molecule has 16 heteroatoms. The van der Waals surface area contributed by atoms with Crippen LogP contribution in [0.3, 0.4) is 0 Å². The molecule has 0 aliphatic carbocycles. The number of anilines is 1. The molecule has 0 radical (unpaired) electrons. The molecular weight excluding hydrogens is 457 g/mol. The highest BCUT2D eigenvalue weighted by atomic mass is 32.1. The molecule has 1 heterocycles. The standard InChI is InChI=1S/C13H5F11N2O2S/c14-9(11(17,18)19,28-13(23,24)10(15,16)12(20,21)22)7(27)26-8-25-5-3-1-2-4-6(5)29-8/h1-4H,(H,25,26,27). The van der Waals surface area contributed by atoms with Crippen LogP contribution in [-0.2, 0) is 9.53 Å². The lowest BCUT2D eigenvalue weighted by atomic mass is 10.2. The minimum Gasteiger partial charge on any atom is -0.297 e. The van der Waals surface area contributed by atoms with E-state index < -0.39 is 41.3 Å². The van der Waals surface area contributed by atoms with Gasteiger partial charge in [0.15, 0.2) is 5.13 Å². The average Bonchev–Trinajstić information content (AvgIpc) is 2.94. The molecule has 162 valence electrons. The second kappa shape index (κ2) is 6.93. The van der Waals surface area contributed by atoms with Crippen molar-refractivity contribution in [1.82, 2.24) is 4.98 Å². The normalized spacial score (nSPS) is 16.0. The fraction of sp³-hybridized carbons (Fsp3) is 0.385. The van der Waals surface area contributed by atoms with Crippen LogP contribution in [0.1, 0.15) is 0 Å². The first-order valence-electron chi connectivity index (χ1n) is 6.87. The molecule has 1 amide bonds. The number of nitrogens with one attached hydrogen (secondary N) is 1. The zero-order valence-electron chi connectivity index (χ0n) is 13.1.